The number of carbonyl (C=O) groups excluding carboxylic acids is 2. The zero-order valence-corrected chi connectivity index (χ0v) is 16.0. The Hall–Kier alpha value is -1.90. The van der Waals surface area contributed by atoms with Crippen molar-refractivity contribution < 1.29 is 22.7 Å². The zero-order chi connectivity index (χ0) is 19.2. The molecule has 2 rings (SSSR count). The predicted octanol–water partition coefficient (Wildman–Crippen LogP) is 1.68. The fourth-order valence-corrected chi connectivity index (χ4v) is 4.37. The molecule has 0 radical (unpaired) electrons. The van der Waals surface area contributed by atoms with Gasteiger partial charge in [-0.3, -0.25) is 4.79 Å². The molecule has 0 bridgehead atoms. The third-order valence-electron chi connectivity index (χ3n) is 3.87. The molecule has 0 saturated carbocycles. The Labute approximate surface area is 158 Å². The molecule has 9 heteroatoms. The van der Waals surface area contributed by atoms with Crippen LogP contribution in [0.5, 0.6) is 0 Å². The van der Waals surface area contributed by atoms with Gasteiger partial charge in [-0.05, 0) is 18.6 Å². The molecular weight excluding hydrogens is 380 g/mol. The lowest BCUT2D eigenvalue weighted by Gasteiger charge is -2.34. The van der Waals surface area contributed by atoms with E-state index in [1.807, 2.05) is 6.92 Å². The topological polar surface area (TPSA) is 84.0 Å². The van der Waals surface area contributed by atoms with Gasteiger partial charge in [0.2, 0.25) is 10.0 Å². The number of halogens is 1. The molecule has 1 amide bonds. The van der Waals surface area contributed by atoms with Crippen LogP contribution in [0.2, 0.25) is 5.02 Å². The van der Waals surface area contributed by atoms with Crippen LogP contribution in [0.3, 0.4) is 0 Å². The van der Waals surface area contributed by atoms with E-state index in [-0.39, 0.29) is 48.6 Å². The fraction of sp³-hybridized carbons (Fsp3) is 0.412. The number of benzene rings is 1. The van der Waals surface area contributed by atoms with E-state index in [2.05, 4.69) is 0 Å². The maximum absolute atomic E-state index is 12.7. The molecule has 1 fully saturated rings. The van der Waals surface area contributed by atoms with Crippen LogP contribution >= 0.6 is 11.6 Å². The minimum atomic E-state index is -3.71. The van der Waals surface area contributed by atoms with E-state index in [1.165, 1.54) is 27.4 Å². The molecule has 0 atom stereocenters. The average Bonchev–Trinajstić information content (AvgIpc) is 2.64. The first kappa shape index (κ1) is 20.4. The number of esters is 1. The lowest BCUT2D eigenvalue weighted by atomic mass is 10.3. The molecule has 7 nitrogen and oxygen atoms in total. The zero-order valence-electron chi connectivity index (χ0n) is 14.4. The smallest absolute Gasteiger partial charge is 0.330 e. The van der Waals surface area contributed by atoms with Crippen molar-refractivity contribution in [3.8, 4) is 0 Å². The normalized spacial score (nSPS) is 16.0. The van der Waals surface area contributed by atoms with Crippen molar-refractivity contribution in [1.82, 2.24) is 9.21 Å². The second-order valence-electron chi connectivity index (χ2n) is 5.63. The molecule has 26 heavy (non-hydrogen) atoms. The molecule has 1 heterocycles. The summed E-state index contributed by atoms with van der Waals surface area (Å²) in [5.74, 6) is -0.918. The first-order chi connectivity index (χ1) is 12.4. The van der Waals surface area contributed by atoms with Crippen LogP contribution in [0.1, 0.15) is 13.3 Å². The number of rotatable bonds is 6. The third-order valence-corrected chi connectivity index (χ3v) is 6.27. The second kappa shape index (κ2) is 9.16. The first-order valence-corrected chi connectivity index (χ1v) is 10.0. The summed E-state index contributed by atoms with van der Waals surface area (Å²) in [6.07, 6.45) is 3.62. The molecule has 1 aromatic carbocycles. The van der Waals surface area contributed by atoms with Crippen LogP contribution in [0.15, 0.2) is 41.3 Å². The van der Waals surface area contributed by atoms with E-state index in [1.54, 1.807) is 18.2 Å². The van der Waals surface area contributed by atoms with Crippen LogP contribution in [0, 0.1) is 0 Å². The van der Waals surface area contributed by atoms with E-state index in [0.29, 0.717) is 6.42 Å². The van der Waals surface area contributed by atoms with E-state index >= 15 is 0 Å². The fourth-order valence-electron chi connectivity index (χ4n) is 2.46. The van der Waals surface area contributed by atoms with Gasteiger partial charge in [-0.2, -0.15) is 4.31 Å². The quantitative estimate of drug-likeness (QED) is 0.536. The summed E-state index contributed by atoms with van der Waals surface area (Å²) in [5.41, 5.74) is 0. The number of ether oxygens (including phenoxy) is 1. The SMILES string of the molecule is CC/C=C/C(=O)OCC(=O)N1CCN(S(=O)(=O)c2ccccc2Cl)CC1. The van der Waals surface area contributed by atoms with Crippen molar-refractivity contribution in [3.05, 3.63) is 41.4 Å². The van der Waals surface area contributed by atoms with Crippen LogP contribution in [-0.4, -0.2) is 62.3 Å². The van der Waals surface area contributed by atoms with Gasteiger partial charge in [0, 0.05) is 32.3 Å². The highest BCUT2D eigenvalue weighted by atomic mass is 35.5. The molecule has 0 unspecified atom stereocenters. The maximum Gasteiger partial charge on any atom is 0.330 e. The summed E-state index contributed by atoms with van der Waals surface area (Å²) in [5, 5.41) is 0.165. The number of sulfonamides is 1. The van der Waals surface area contributed by atoms with E-state index < -0.39 is 16.0 Å². The summed E-state index contributed by atoms with van der Waals surface area (Å²) in [7, 11) is -3.71. The van der Waals surface area contributed by atoms with Gasteiger partial charge in [0.1, 0.15) is 4.90 Å². The summed E-state index contributed by atoms with van der Waals surface area (Å²) < 4.78 is 31.5. The number of amides is 1. The molecular formula is C17H21ClN2O5S. The molecule has 1 aromatic rings. The van der Waals surface area contributed by atoms with Gasteiger partial charge in [0.15, 0.2) is 6.61 Å². The average molecular weight is 401 g/mol. The predicted molar refractivity (Wildman–Crippen MR) is 97.2 cm³/mol. The highest BCUT2D eigenvalue weighted by Crippen LogP contribution is 2.24. The van der Waals surface area contributed by atoms with Crippen molar-refractivity contribution in [2.45, 2.75) is 18.2 Å². The van der Waals surface area contributed by atoms with Crippen LogP contribution < -0.4 is 0 Å². The highest BCUT2D eigenvalue weighted by Gasteiger charge is 2.31. The van der Waals surface area contributed by atoms with Crippen LogP contribution in [-0.2, 0) is 24.3 Å². The van der Waals surface area contributed by atoms with E-state index in [4.69, 9.17) is 16.3 Å². The number of piperazine rings is 1. The molecule has 1 aliphatic rings. The Balaban J connectivity index is 1.90. The Kier molecular flexibility index (Phi) is 7.19. The molecule has 142 valence electrons. The minimum Gasteiger partial charge on any atom is -0.452 e. The van der Waals surface area contributed by atoms with Crippen LogP contribution in [0.25, 0.3) is 0 Å². The van der Waals surface area contributed by atoms with E-state index in [9.17, 15) is 18.0 Å². The van der Waals surface area contributed by atoms with Crippen molar-refractivity contribution in [2.75, 3.05) is 32.8 Å². The second-order valence-corrected chi connectivity index (χ2v) is 7.95. The van der Waals surface area contributed by atoms with Gasteiger partial charge in [-0.25, -0.2) is 13.2 Å². The maximum atomic E-state index is 12.7. The number of hydrogen-bond acceptors (Lipinski definition) is 5. The molecule has 0 aliphatic carbocycles. The van der Waals surface area contributed by atoms with Gasteiger partial charge in [-0.15, -0.1) is 0 Å². The first-order valence-electron chi connectivity index (χ1n) is 8.22. The summed E-state index contributed by atoms with van der Waals surface area (Å²) in [6, 6.07) is 6.25. The van der Waals surface area contributed by atoms with Crippen molar-refractivity contribution >= 4 is 33.5 Å². The van der Waals surface area contributed by atoms with Gasteiger partial charge >= 0.3 is 5.97 Å². The largest absolute Gasteiger partial charge is 0.452 e. The molecule has 1 saturated heterocycles. The summed E-state index contributed by atoms with van der Waals surface area (Å²) >= 11 is 5.99. The Morgan fingerprint density at radius 2 is 1.85 bits per heavy atom. The van der Waals surface area contributed by atoms with Gasteiger partial charge in [0.05, 0.1) is 5.02 Å². The summed E-state index contributed by atoms with van der Waals surface area (Å²) in [6.45, 7) is 2.29. The molecule has 0 spiro atoms. The number of nitrogens with zero attached hydrogens (tertiary/aromatic N) is 2. The van der Waals surface area contributed by atoms with Crippen molar-refractivity contribution in [2.24, 2.45) is 0 Å². The molecule has 1 aliphatic heterocycles. The van der Waals surface area contributed by atoms with Gasteiger partial charge < -0.3 is 9.64 Å². The summed E-state index contributed by atoms with van der Waals surface area (Å²) in [4.78, 5) is 25.0. The number of allylic oxidation sites excluding steroid dienone is 1. The van der Waals surface area contributed by atoms with Gasteiger partial charge in [0.25, 0.3) is 5.91 Å². The number of carbonyl (C=O) groups is 2. The van der Waals surface area contributed by atoms with Gasteiger partial charge in [-0.1, -0.05) is 36.7 Å². The standard InChI is InChI=1S/C17H21ClN2O5S/c1-2-3-8-17(22)25-13-16(21)19-9-11-20(12-10-19)26(23,24)15-7-5-4-6-14(15)18/h3-8H,2,9-13H2,1H3/b8-3+. The lowest BCUT2D eigenvalue weighted by Crippen LogP contribution is -2.51. The Morgan fingerprint density at radius 1 is 1.19 bits per heavy atom. The Bertz CT molecular complexity index is 786. The van der Waals surface area contributed by atoms with Crippen LogP contribution in [0.4, 0.5) is 0 Å². The van der Waals surface area contributed by atoms with E-state index in [0.717, 1.165) is 0 Å². The molecule has 0 aromatic heterocycles. The van der Waals surface area contributed by atoms with Crippen molar-refractivity contribution in [3.63, 3.8) is 0 Å². The monoisotopic (exact) mass is 400 g/mol. The van der Waals surface area contributed by atoms with Crippen molar-refractivity contribution in [1.29, 1.82) is 0 Å². The molecule has 0 N–H and O–H groups in total. The third kappa shape index (κ3) is 5.06. The minimum absolute atomic E-state index is 0.0538. The lowest BCUT2D eigenvalue weighted by molar-refractivity contribution is -0.148. The number of hydrogen-bond donors (Lipinski definition) is 0. The Morgan fingerprint density at radius 3 is 2.46 bits per heavy atom. The highest BCUT2D eigenvalue weighted by molar-refractivity contribution is 7.89.